The number of hydrogen-bond acceptors (Lipinski definition) is 3. The van der Waals surface area contributed by atoms with Crippen LogP contribution in [0.5, 0.6) is 5.75 Å². The maximum atomic E-state index is 6.04. The van der Waals surface area contributed by atoms with Gasteiger partial charge >= 0.3 is 0 Å². The van der Waals surface area contributed by atoms with E-state index < -0.39 is 0 Å². The van der Waals surface area contributed by atoms with Crippen molar-refractivity contribution in [2.45, 2.75) is 20.0 Å². The summed E-state index contributed by atoms with van der Waals surface area (Å²) in [4.78, 5) is 0. The molecule has 19 heavy (non-hydrogen) atoms. The molecule has 1 heterocycles. The lowest BCUT2D eigenvalue weighted by Gasteiger charge is -2.11. The van der Waals surface area contributed by atoms with Gasteiger partial charge in [-0.3, -0.25) is 4.68 Å². The van der Waals surface area contributed by atoms with Crippen LogP contribution in [0.3, 0.4) is 0 Å². The van der Waals surface area contributed by atoms with E-state index in [9.17, 15) is 0 Å². The Hall–Kier alpha value is -1.52. The number of nitrogens with one attached hydrogen (secondary N) is 1. The van der Waals surface area contributed by atoms with E-state index in [0.717, 1.165) is 30.1 Å². The summed E-state index contributed by atoms with van der Waals surface area (Å²) in [5, 5.41) is 8.35. The summed E-state index contributed by atoms with van der Waals surface area (Å²) in [6, 6.07) is 7.64. The highest BCUT2D eigenvalue weighted by Gasteiger charge is 2.08. The van der Waals surface area contributed by atoms with E-state index in [1.54, 1.807) is 7.11 Å². The number of halogens is 1. The molecule has 0 unspecified atom stereocenters. The van der Waals surface area contributed by atoms with Crippen molar-refractivity contribution in [3.05, 3.63) is 46.7 Å². The van der Waals surface area contributed by atoms with Gasteiger partial charge < -0.3 is 10.1 Å². The van der Waals surface area contributed by atoms with Gasteiger partial charge in [0.1, 0.15) is 5.75 Å². The van der Waals surface area contributed by atoms with Gasteiger partial charge in [-0.15, -0.1) is 0 Å². The van der Waals surface area contributed by atoms with Crippen LogP contribution in [0.1, 0.15) is 18.2 Å². The van der Waals surface area contributed by atoms with Gasteiger partial charge in [-0.05, 0) is 30.8 Å². The van der Waals surface area contributed by atoms with E-state index in [1.165, 1.54) is 0 Å². The van der Waals surface area contributed by atoms with Crippen molar-refractivity contribution in [2.24, 2.45) is 0 Å². The topological polar surface area (TPSA) is 39.1 Å². The molecule has 1 N–H and O–H groups in total. The quantitative estimate of drug-likeness (QED) is 0.884. The fourth-order valence-corrected chi connectivity index (χ4v) is 2.13. The highest BCUT2D eigenvalue weighted by atomic mass is 35.5. The predicted molar refractivity (Wildman–Crippen MR) is 76.7 cm³/mol. The third kappa shape index (κ3) is 3.49. The van der Waals surface area contributed by atoms with E-state index in [4.69, 9.17) is 16.3 Å². The van der Waals surface area contributed by atoms with Gasteiger partial charge in [0.15, 0.2) is 0 Å². The van der Waals surface area contributed by atoms with Crippen LogP contribution in [0.15, 0.2) is 30.5 Å². The third-order valence-corrected chi connectivity index (χ3v) is 3.16. The molecule has 2 aromatic rings. The summed E-state index contributed by atoms with van der Waals surface area (Å²) in [6.45, 7) is 4.48. The van der Waals surface area contributed by atoms with Gasteiger partial charge in [0.05, 0.1) is 19.3 Å². The zero-order valence-electron chi connectivity index (χ0n) is 11.2. The number of benzene rings is 1. The Morgan fingerprint density at radius 2 is 2.21 bits per heavy atom. The van der Waals surface area contributed by atoms with E-state index in [-0.39, 0.29) is 0 Å². The molecule has 0 saturated heterocycles. The lowest BCUT2D eigenvalue weighted by Crippen LogP contribution is -2.16. The molecular weight excluding hydrogens is 262 g/mol. The first kappa shape index (κ1) is 13.9. The summed E-state index contributed by atoms with van der Waals surface area (Å²) in [6.07, 6.45) is 1.81. The van der Waals surface area contributed by atoms with Crippen LogP contribution < -0.4 is 10.1 Å². The number of nitrogens with zero attached hydrogens (tertiary/aromatic N) is 2. The first-order valence-electron chi connectivity index (χ1n) is 6.28. The monoisotopic (exact) mass is 279 g/mol. The smallest absolute Gasteiger partial charge is 0.124 e. The Balaban J connectivity index is 2.21. The second-order valence-corrected chi connectivity index (χ2v) is 4.65. The molecule has 0 aliphatic rings. The summed E-state index contributed by atoms with van der Waals surface area (Å²) in [5.74, 6) is 0.828. The van der Waals surface area contributed by atoms with Crippen LogP contribution in [0.4, 0.5) is 0 Å². The molecule has 2 rings (SSSR count). The van der Waals surface area contributed by atoms with Crippen molar-refractivity contribution >= 4 is 11.6 Å². The minimum atomic E-state index is 0.650. The predicted octanol–water partition coefficient (Wildman–Crippen LogP) is 2.70. The lowest BCUT2D eigenvalue weighted by atomic mass is 10.2. The SMILES string of the molecule is CCNCc1ccnn1Cc1cc(Cl)ccc1OC. The van der Waals surface area contributed by atoms with Gasteiger partial charge in [-0.1, -0.05) is 18.5 Å². The molecule has 4 nitrogen and oxygen atoms in total. The number of ether oxygens (including phenoxy) is 1. The first-order chi connectivity index (χ1) is 9.24. The highest BCUT2D eigenvalue weighted by molar-refractivity contribution is 6.30. The molecular formula is C14H18ClN3O. The molecule has 1 aromatic carbocycles. The van der Waals surface area contributed by atoms with Gasteiger partial charge in [0.25, 0.3) is 0 Å². The number of aromatic nitrogens is 2. The summed E-state index contributed by atoms with van der Waals surface area (Å²) in [7, 11) is 1.66. The van der Waals surface area contributed by atoms with Crippen LogP contribution >= 0.6 is 11.6 Å². The molecule has 0 amide bonds. The van der Waals surface area contributed by atoms with Crippen molar-refractivity contribution in [3.63, 3.8) is 0 Å². The van der Waals surface area contributed by atoms with E-state index in [0.29, 0.717) is 11.6 Å². The van der Waals surface area contributed by atoms with Gasteiger partial charge in [0.2, 0.25) is 0 Å². The van der Waals surface area contributed by atoms with Crippen LogP contribution in [-0.4, -0.2) is 23.4 Å². The van der Waals surface area contributed by atoms with Crippen LogP contribution in [0.25, 0.3) is 0 Å². The minimum Gasteiger partial charge on any atom is -0.496 e. The molecule has 0 saturated carbocycles. The van der Waals surface area contributed by atoms with Gasteiger partial charge in [-0.2, -0.15) is 5.10 Å². The summed E-state index contributed by atoms with van der Waals surface area (Å²) < 4.78 is 7.31. The van der Waals surface area contributed by atoms with E-state index >= 15 is 0 Å². The Bertz CT molecular complexity index is 539. The molecule has 0 aliphatic heterocycles. The molecule has 0 spiro atoms. The third-order valence-electron chi connectivity index (χ3n) is 2.92. The standard InChI is InChI=1S/C14H18ClN3O/c1-3-16-9-13-6-7-17-18(13)10-11-8-12(15)4-5-14(11)19-2/h4-8,16H,3,9-10H2,1-2H3. The summed E-state index contributed by atoms with van der Waals surface area (Å²) in [5.41, 5.74) is 2.17. The van der Waals surface area contributed by atoms with E-state index in [1.807, 2.05) is 35.1 Å². The molecule has 1 aromatic heterocycles. The van der Waals surface area contributed by atoms with Crippen LogP contribution in [0.2, 0.25) is 5.02 Å². The lowest BCUT2D eigenvalue weighted by molar-refractivity contribution is 0.407. The maximum Gasteiger partial charge on any atom is 0.124 e. The normalized spacial score (nSPS) is 10.7. The zero-order valence-corrected chi connectivity index (χ0v) is 11.9. The fourth-order valence-electron chi connectivity index (χ4n) is 1.94. The van der Waals surface area contributed by atoms with E-state index in [2.05, 4.69) is 17.3 Å². The molecule has 0 fully saturated rings. The van der Waals surface area contributed by atoms with Gasteiger partial charge in [0, 0.05) is 23.3 Å². The average molecular weight is 280 g/mol. The first-order valence-corrected chi connectivity index (χ1v) is 6.66. The van der Waals surface area contributed by atoms with Crippen molar-refractivity contribution in [1.82, 2.24) is 15.1 Å². The molecule has 0 radical (unpaired) electrons. The number of methoxy groups -OCH3 is 1. The largest absolute Gasteiger partial charge is 0.496 e. The fraction of sp³-hybridized carbons (Fsp3) is 0.357. The summed E-state index contributed by atoms with van der Waals surface area (Å²) >= 11 is 6.04. The zero-order chi connectivity index (χ0) is 13.7. The van der Waals surface area contributed by atoms with Crippen molar-refractivity contribution < 1.29 is 4.74 Å². The number of rotatable bonds is 6. The molecule has 0 atom stereocenters. The average Bonchev–Trinajstić information content (AvgIpc) is 2.84. The Morgan fingerprint density at radius 3 is 2.95 bits per heavy atom. The van der Waals surface area contributed by atoms with Crippen molar-refractivity contribution in [1.29, 1.82) is 0 Å². The highest BCUT2D eigenvalue weighted by Crippen LogP contribution is 2.23. The molecule has 0 bridgehead atoms. The molecule has 102 valence electrons. The Kier molecular flexibility index (Phi) is 4.82. The van der Waals surface area contributed by atoms with Gasteiger partial charge in [-0.25, -0.2) is 0 Å². The maximum absolute atomic E-state index is 6.04. The second kappa shape index (κ2) is 6.59. The Morgan fingerprint density at radius 1 is 1.37 bits per heavy atom. The van der Waals surface area contributed by atoms with Crippen LogP contribution in [-0.2, 0) is 13.1 Å². The van der Waals surface area contributed by atoms with Crippen LogP contribution in [0, 0.1) is 0 Å². The second-order valence-electron chi connectivity index (χ2n) is 4.22. The van der Waals surface area contributed by atoms with Crippen molar-refractivity contribution in [2.75, 3.05) is 13.7 Å². The number of hydrogen-bond donors (Lipinski definition) is 1. The Labute approximate surface area is 118 Å². The molecule has 0 aliphatic carbocycles. The van der Waals surface area contributed by atoms with Crippen molar-refractivity contribution in [3.8, 4) is 5.75 Å². The molecule has 5 heteroatoms. The minimum absolute atomic E-state index is 0.650.